The Hall–Kier alpha value is -1.69. The van der Waals surface area contributed by atoms with Crippen LogP contribution in [0, 0.1) is 0 Å². The van der Waals surface area contributed by atoms with Gasteiger partial charge in [0.25, 0.3) is 5.91 Å². The van der Waals surface area contributed by atoms with Gasteiger partial charge in [-0.1, -0.05) is 24.3 Å². The highest BCUT2D eigenvalue weighted by Crippen LogP contribution is 2.32. The molecule has 1 aliphatic rings. The summed E-state index contributed by atoms with van der Waals surface area (Å²) in [7, 11) is 1.61. The Bertz CT molecular complexity index is 652. The van der Waals surface area contributed by atoms with E-state index in [-0.39, 0.29) is 11.9 Å². The van der Waals surface area contributed by atoms with E-state index in [2.05, 4.69) is 5.32 Å². The molecule has 2 atom stereocenters. The van der Waals surface area contributed by atoms with Crippen molar-refractivity contribution in [3.8, 4) is 0 Å². The van der Waals surface area contributed by atoms with E-state index >= 15 is 0 Å². The van der Waals surface area contributed by atoms with Crippen LogP contribution in [0.15, 0.2) is 35.7 Å². The number of rotatable bonds is 4. The number of carbonyl (C=O) groups is 1. The van der Waals surface area contributed by atoms with Crippen LogP contribution in [0.2, 0.25) is 0 Å². The minimum Gasteiger partial charge on any atom is -0.390 e. The van der Waals surface area contributed by atoms with Crippen LogP contribution in [0.1, 0.15) is 32.4 Å². The third-order valence-corrected chi connectivity index (χ3v) is 4.70. The van der Waals surface area contributed by atoms with Crippen molar-refractivity contribution < 1.29 is 14.6 Å². The number of methoxy groups -OCH3 is 1. The molecule has 4 nitrogen and oxygen atoms in total. The summed E-state index contributed by atoms with van der Waals surface area (Å²) in [6.07, 6.45) is 0.00780. The SMILES string of the molecule is COCc1ccsc1C(=O)NC1c2ccccc2CC1O. The van der Waals surface area contributed by atoms with E-state index in [1.165, 1.54) is 11.3 Å². The van der Waals surface area contributed by atoms with E-state index in [9.17, 15) is 9.90 Å². The highest BCUT2D eigenvalue weighted by molar-refractivity contribution is 7.12. The minimum absolute atomic E-state index is 0.155. The molecule has 21 heavy (non-hydrogen) atoms. The molecule has 5 heteroatoms. The van der Waals surface area contributed by atoms with Crippen molar-refractivity contribution in [3.63, 3.8) is 0 Å². The smallest absolute Gasteiger partial charge is 0.262 e. The molecule has 1 aromatic heterocycles. The average molecular weight is 303 g/mol. The third-order valence-electron chi connectivity index (χ3n) is 3.74. The molecule has 3 rings (SSSR count). The fourth-order valence-corrected chi connectivity index (χ4v) is 3.57. The molecule has 110 valence electrons. The maximum absolute atomic E-state index is 12.4. The van der Waals surface area contributed by atoms with Crippen molar-refractivity contribution in [3.05, 3.63) is 57.3 Å². The van der Waals surface area contributed by atoms with Crippen LogP contribution < -0.4 is 5.32 Å². The molecule has 1 amide bonds. The van der Waals surface area contributed by atoms with E-state index in [0.29, 0.717) is 17.9 Å². The summed E-state index contributed by atoms with van der Waals surface area (Å²) < 4.78 is 5.10. The van der Waals surface area contributed by atoms with Crippen molar-refractivity contribution in [1.82, 2.24) is 5.32 Å². The second kappa shape index (κ2) is 5.97. The van der Waals surface area contributed by atoms with Gasteiger partial charge in [0.05, 0.1) is 23.6 Å². The van der Waals surface area contributed by atoms with E-state index in [1.54, 1.807) is 7.11 Å². The standard InChI is InChI=1S/C16H17NO3S/c1-20-9-11-6-7-21-15(11)16(19)17-14-12-5-3-2-4-10(12)8-13(14)18/h2-7,13-14,18H,8-9H2,1H3,(H,17,19). The quantitative estimate of drug-likeness (QED) is 0.911. The monoisotopic (exact) mass is 303 g/mol. The predicted octanol–water partition coefficient (Wildman–Crippen LogP) is 2.28. The number of fused-ring (bicyclic) bond motifs is 1. The number of benzene rings is 1. The summed E-state index contributed by atoms with van der Waals surface area (Å²) in [5.74, 6) is -0.155. The van der Waals surface area contributed by atoms with Crippen molar-refractivity contribution in [1.29, 1.82) is 0 Å². The number of amides is 1. The van der Waals surface area contributed by atoms with Crippen molar-refractivity contribution >= 4 is 17.2 Å². The molecule has 0 radical (unpaired) electrons. The number of hydrogen-bond donors (Lipinski definition) is 2. The molecule has 1 heterocycles. The van der Waals surface area contributed by atoms with Crippen LogP contribution in [0.5, 0.6) is 0 Å². The first-order valence-electron chi connectivity index (χ1n) is 6.82. The maximum atomic E-state index is 12.4. The van der Waals surface area contributed by atoms with Gasteiger partial charge in [-0.3, -0.25) is 4.79 Å². The number of carbonyl (C=O) groups excluding carboxylic acids is 1. The Morgan fingerprint density at radius 1 is 1.43 bits per heavy atom. The molecule has 2 unspecified atom stereocenters. The first-order valence-corrected chi connectivity index (χ1v) is 7.70. The molecule has 1 aliphatic carbocycles. The van der Waals surface area contributed by atoms with Gasteiger partial charge in [0, 0.05) is 19.1 Å². The normalized spacial score (nSPS) is 20.3. The number of thiophene rings is 1. The second-order valence-corrected chi connectivity index (χ2v) is 6.05. The second-order valence-electron chi connectivity index (χ2n) is 5.13. The van der Waals surface area contributed by atoms with Crippen LogP contribution >= 0.6 is 11.3 Å². The summed E-state index contributed by atoms with van der Waals surface area (Å²) in [5, 5.41) is 15.0. The molecular weight excluding hydrogens is 286 g/mol. The van der Waals surface area contributed by atoms with Crippen molar-refractivity contribution in [2.45, 2.75) is 25.2 Å². The molecule has 0 bridgehead atoms. The van der Waals surface area contributed by atoms with Gasteiger partial charge in [-0.15, -0.1) is 11.3 Å². The molecular formula is C16H17NO3S. The van der Waals surface area contributed by atoms with Crippen LogP contribution in [0.25, 0.3) is 0 Å². The van der Waals surface area contributed by atoms with E-state index < -0.39 is 6.10 Å². The van der Waals surface area contributed by atoms with Gasteiger partial charge in [-0.2, -0.15) is 0 Å². The summed E-state index contributed by atoms with van der Waals surface area (Å²) >= 11 is 1.39. The minimum atomic E-state index is -0.572. The van der Waals surface area contributed by atoms with Crippen LogP contribution in [0.3, 0.4) is 0 Å². The zero-order valence-electron chi connectivity index (χ0n) is 11.7. The van der Waals surface area contributed by atoms with E-state index in [0.717, 1.165) is 16.7 Å². The van der Waals surface area contributed by atoms with Gasteiger partial charge >= 0.3 is 0 Å². The Kier molecular flexibility index (Phi) is 4.05. The van der Waals surface area contributed by atoms with Gasteiger partial charge in [-0.05, 0) is 22.6 Å². The molecule has 2 aromatic rings. The van der Waals surface area contributed by atoms with Crippen LogP contribution in [0.4, 0.5) is 0 Å². The predicted molar refractivity (Wildman–Crippen MR) is 81.4 cm³/mol. The van der Waals surface area contributed by atoms with Gasteiger partial charge < -0.3 is 15.2 Å². The van der Waals surface area contributed by atoms with Gasteiger partial charge in [0.2, 0.25) is 0 Å². The third kappa shape index (κ3) is 2.72. The molecule has 0 aliphatic heterocycles. The van der Waals surface area contributed by atoms with Crippen molar-refractivity contribution in [2.24, 2.45) is 0 Å². The van der Waals surface area contributed by atoms with E-state index in [4.69, 9.17) is 4.74 Å². The molecule has 2 N–H and O–H groups in total. The Morgan fingerprint density at radius 3 is 3.05 bits per heavy atom. The summed E-state index contributed by atoms with van der Waals surface area (Å²) in [5.41, 5.74) is 2.97. The molecule has 0 saturated heterocycles. The fraction of sp³-hybridized carbons (Fsp3) is 0.312. The lowest BCUT2D eigenvalue weighted by molar-refractivity contribution is 0.0858. The van der Waals surface area contributed by atoms with E-state index in [1.807, 2.05) is 35.7 Å². The molecule has 0 spiro atoms. The molecule has 1 aromatic carbocycles. The van der Waals surface area contributed by atoms with Gasteiger partial charge in [0.15, 0.2) is 0 Å². The number of nitrogens with one attached hydrogen (secondary N) is 1. The zero-order chi connectivity index (χ0) is 14.8. The van der Waals surface area contributed by atoms with Gasteiger partial charge in [-0.25, -0.2) is 0 Å². The highest BCUT2D eigenvalue weighted by Gasteiger charge is 2.32. The largest absolute Gasteiger partial charge is 0.390 e. The zero-order valence-corrected chi connectivity index (χ0v) is 12.5. The Morgan fingerprint density at radius 2 is 2.24 bits per heavy atom. The van der Waals surface area contributed by atoms with Crippen LogP contribution in [-0.4, -0.2) is 24.2 Å². The number of hydrogen-bond acceptors (Lipinski definition) is 4. The average Bonchev–Trinajstić information content (AvgIpc) is 3.05. The Balaban J connectivity index is 1.80. The maximum Gasteiger partial charge on any atom is 0.262 e. The number of aliphatic hydroxyl groups is 1. The number of ether oxygens (including phenoxy) is 1. The Labute approximate surface area is 127 Å². The highest BCUT2D eigenvalue weighted by atomic mass is 32.1. The van der Waals surface area contributed by atoms with Gasteiger partial charge in [0.1, 0.15) is 0 Å². The first kappa shape index (κ1) is 14.3. The van der Waals surface area contributed by atoms with Crippen molar-refractivity contribution in [2.75, 3.05) is 7.11 Å². The summed E-state index contributed by atoms with van der Waals surface area (Å²) in [6.45, 7) is 0.413. The number of aliphatic hydroxyl groups excluding tert-OH is 1. The molecule has 0 fully saturated rings. The lowest BCUT2D eigenvalue weighted by Crippen LogP contribution is -2.33. The van der Waals surface area contributed by atoms with Crippen LogP contribution in [-0.2, 0) is 17.8 Å². The molecule has 0 saturated carbocycles. The lowest BCUT2D eigenvalue weighted by atomic mass is 10.1. The topological polar surface area (TPSA) is 58.6 Å². The lowest BCUT2D eigenvalue weighted by Gasteiger charge is -2.18. The fourth-order valence-electron chi connectivity index (χ4n) is 2.76. The summed E-state index contributed by atoms with van der Waals surface area (Å²) in [6, 6.07) is 9.38. The summed E-state index contributed by atoms with van der Waals surface area (Å²) in [4.78, 5) is 13.1. The first-order chi connectivity index (χ1) is 10.2.